The van der Waals surface area contributed by atoms with Gasteiger partial charge in [0, 0.05) is 24.9 Å². The van der Waals surface area contributed by atoms with Crippen molar-refractivity contribution < 1.29 is 9.53 Å². The van der Waals surface area contributed by atoms with E-state index in [1.807, 2.05) is 0 Å². The fourth-order valence-electron chi connectivity index (χ4n) is 2.58. The summed E-state index contributed by atoms with van der Waals surface area (Å²) < 4.78 is 5.74. The molecule has 0 radical (unpaired) electrons. The lowest BCUT2D eigenvalue weighted by molar-refractivity contribution is -0.00889. The molecule has 0 bridgehead atoms. The molecule has 0 aromatic carbocycles. The molecule has 0 unspecified atom stereocenters. The Balaban J connectivity index is 1.52. The van der Waals surface area contributed by atoms with Crippen LogP contribution in [-0.2, 0) is 4.74 Å². The molecule has 2 atom stereocenters. The van der Waals surface area contributed by atoms with Gasteiger partial charge in [0.15, 0.2) is 0 Å². The third kappa shape index (κ3) is 3.99. The first-order valence-corrected chi connectivity index (χ1v) is 7.87. The lowest BCUT2D eigenvalue weighted by Gasteiger charge is -2.30. The standard InChI is InChI=1S/C14H17Cl2N3O2/c15-10-6-13(17-7-11(10)16)19-14(20)18-9-3-4-21-12(5-9)8-1-2-8/h6-9,12H,1-5H2,(H2,17,18,19,20)/t9-,12+/m0/s1. The number of ether oxygens (including phenoxy) is 1. The van der Waals surface area contributed by atoms with Gasteiger partial charge in [0.2, 0.25) is 0 Å². The summed E-state index contributed by atoms with van der Waals surface area (Å²) in [7, 11) is 0. The zero-order chi connectivity index (χ0) is 14.8. The lowest BCUT2D eigenvalue weighted by Crippen LogP contribution is -2.44. The second kappa shape index (κ2) is 6.38. The number of aromatic nitrogens is 1. The topological polar surface area (TPSA) is 63.2 Å². The minimum absolute atomic E-state index is 0.145. The normalized spacial score (nSPS) is 25.4. The van der Waals surface area contributed by atoms with Crippen LogP contribution in [0.1, 0.15) is 25.7 Å². The monoisotopic (exact) mass is 329 g/mol. The highest BCUT2D eigenvalue weighted by Gasteiger charge is 2.36. The van der Waals surface area contributed by atoms with Gasteiger partial charge in [-0.1, -0.05) is 23.2 Å². The van der Waals surface area contributed by atoms with Gasteiger partial charge >= 0.3 is 6.03 Å². The maximum absolute atomic E-state index is 12.0. The Hall–Kier alpha value is -1.04. The molecule has 1 aromatic heterocycles. The Bertz CT molecular complexity index is 537. The maximum Gasteiger partial charge on any atom is 0.320 e. The molecule has 1 saturated carbocycles. The highest BCUT2D eigenvalue weighted by Crippen LogP contribution is 2.38. The first kappa shape index (κ1) is 14.9. The van der Waals surface area contributed by atoms with Gasteiger partial charge < -0.3 is 10.1 Å². The second-order valence-electron chi connectivity index (χ2n) is 5.55. The Morgan fingerprint density at radius 1 is 1.29 bits per heavy atom. The molecule has 2 heterocycles. The summed E-state index contributed by atoms with van der Waals surface area (Å²) in [6.07, 6.45) is 5.93. The Morgan fingerprint density at radius 2 is 2.10 bits per heavy atom. The summed E-state index contributed by atoms with van der Waals surface area (Å²) >= 11 is 11.7. The van der Waals surface area contributed by atoms with Gasteiger partial charge in [0.1, 0.15) is 5.82 Å². The predicted octanol–water partition coefficient (Wildman–Crippen LogP) is 3.47. The summed E-state index contributed by atoms with van der Waals surface area (Å²) in [5, 5.41) is 6.36. The molecule has 2 N–H and O–H groups in total. The number of pyridine rings is 1. The van der Waals surface area contributed by atoms with E-state index in [0.29, 0.717) is 34.5 Å². The van der Waals surface area contributed by atoms with Crippen molar-refractivity contribution >= 4 is 35.1 Å². The molecule has 2 aliphatic rings. The minimum atomic E-state index is -0.276. The van der Waals surface area contributed by atoms with Crippen LogP contribution in [0.4, 0.5) is 10.6 Å². The largest absolute Gasteiger partial charge is 0.378 e. The zero-order valence-electron chi connectivity index (χ0n) is 11.4. The van der Waals surface area contributed by atoms with Crippen LogP contribution in [0.5, 0.6) is 0 Å². The van der Waals surface area contributed by atoms with E-state index in [2.05, 4.69) is 15.6 Å². The third-order valence-electron chi connectivity index (χ3n) is 3.85. The molecule has 5 nitrogen and oxygen atoms in total. The molecule has 2 fully saturated rings. The molecular weight excluding hydrogens is 313 g/mol. The smallest absolute Gasteiger partial charge is 0.320 e. The van der Waals surface area contributed by atoms with Gasteiger partial charge in [0.05, 0.1) is 16.1 Å². The highest BCUT2D eigenvalue weighted by atomic mass is 35.5. The number of halogens is 2. The van der Waals surface area contributed by atoms with E-state index in [1.165, 1.54) is 25.1 Å². The molecule has 3 rings (SSSR count). The number of carbonyl (C=O) groups excluding carboxylic acids is 1. The van der Waals surface area contributed by atoms with Crippen molar-refractivity contribution in [3.63, 3.8) is 0 Å². The number of carbonyl (C=O) groups is 1. The highest BCUT2D eigenvalue weighted by molar-refractivity contribution is 6.42. The van der Waals surface area contributed by atoms with Gasteiger partial charge in [-0.25, -0.2) is 9.78 Å². The summed E-state index contributed by atoms with van der Waals surface area (Å²) in [6, 6.07) is 1.40. The SMILES string of the molecule is O=C(Nc1cc(Cl)c(Cl)cn1)N[C@H]1CCO[C@@H](C2CC2)C1. The van der Waals surface area contributed by atoms with E-state index in [4.69, 9.17) is 27.9 Å². The van der Waals surface area contributed by atoms with Crippen molar-refractivity contribution in [2.75, 3.05) is 11.9 Å². The van der Waals surface area contributed by atoms with E-state index < -0.39 is 0 Å². The van der Waals surface area contributed by atoms with Crippen LogP contribution in [0.2, 0.25) is 10.0 Å². The summed E-state index contributed by atoms with van der Waals surface area (Å²) in [5.74, 6) is 1.07. The van der Waals surface area contributed by atoms with Gasteiger partial charge in [-0.15, -0.1) is 0 Å². The zero-order valence-corrected chi connectivity index (χ0v) is 13.0. The van der Waals surface area contributed by atoms with Crippen molar-refractivity contribution in [1.82, 2.24) is 10.3 Å². The summed E-state index contributed by atoms with van der Waals surface area (Å²) in [4.78, 5) is 16.0. The molecule has 1 aliphatic carbocycles. The molecule has 1 aromatic rings. The maximum atomic E-state index is 12.0. The van der Waals surface area contributed by atoms with E-state index >= 15 is 0 Å². The first-order valence-electron chi connectivity index (χ1n) is 7.12. The molecule has 21 heavy (non-hydrogen) atoms. The van der Waals surface area contributed by atoms with E-state index in [1.54, 1.807) is 0 Å². The summed E-state index contributed by atoms with van der Waals surface area (Å²) in [5.41, 5.74) is 0. The van der Waals surface area contributed by atoms with Crippen LogP contribution < -0.4 is 10.6 Å². The predicted molar refractivity (Wildman–Crippen MR) is 81.9 cm³/mol. The first-order chi connectivity index (χ1) is 10.1. The molecule has 7 heteroatoms. The molecule has 1 saturated heterocycles. The minimum Gasteiger partial charge on any atom is -0.378 e. The Morgan fingerprint density at radius 3 is 2.81 bits per heavy atom. The molecule has 1 aliphatic heterocycles. The number of nitrogens with one attached hydrogen (secondary N) is 2. The van der Waals surface area contributed by atoms with Crippen LogP contribution in [-0.4, -0.2) is 29.8 Å². The number of nitrogens with zero attached hydrogens (tertiary/aromatic N) is 1. The number of anilines is 1. The van der Waals surface area contributed by atoms with Gasteiger partial charge in [-0.3, -0.25) is 5.32 Å². The van der Waals surface area contributed by atoms with Crippen LogP contribution in [0.25, 0.3) is 0 Å². The number of urea groups is 1. The number of hydrogen-bond acceptors (Lipinski definition) is 3. The van der Waals surface area contributed by atoms with E-state index in [9.17, 15) is 4.79 Å². The average molecular weight is 330 g/mol. The lowest BCUT2D eigenvalue weighted by atomic mass is 10.0. The van der Waals surface area contributed by atoms with Crippen LogP contribution >= 0.6 is 23.2 Å². The number of amides is 2. The third-order valence-corrected chi connectivity index (χ3v) is 4.56. The summed E-state index contributed by atoms with van der Waals surface area (Å²) in [6.45, 7) is 0.705. The van der Waals surface area contributed by atoms with E-state index in [-0.39, 0.29) is 12.1 Å². The fraction of sp³-hybridized carbons (Fsp3) is 0.571. The number of rotatable bonds is 3. The molecule has 2 amide bonds. The Kier molecular flexibility index (Phi) is 4.52. The Labute approximate surface area is 133 Å². The van der Waals surface area contributed by atoms with Crippen molar-refractivity contribution in [3.05, 3.63) is 22.3 Å². The van der Waals surface area contributed by atoms with Crippen molar-refractivity contribution in [1.29, 1.82) is 0 Å². The average Bonchev–Trinajstić information content (AvgIpc) is 3.28. The van der Waals surface area contributed by atoms with Crippen LogP contribution in [0, 0.1) is 5.92 Å². The van der Waals surface area contributed by atoms with Crippen molar-refractivity contribution in [3.8, 4) is 0 Å². The van der Waals surface area contributed by atoms with Crippen molar-refractivity contribution in [2.24, 2.45) is 5.92 Å². The second-order valence-corrected chi connectivity index (χ2v) is 6.36. The van der Waals surface area contributed by atoms with E-state index in [0.717, 1.165) is 12.8 Å². The van der Waals surface area contributed by atoms with Gasteiger partial charge in [-0.2, -0.15) is 0 Å². The fourth-order valence-corrected chi connectivity index (χ4v) is 2.83. The van der Waals surface area contributed by atoms with Crippen LogP contribution in [0.3, 0.4) is 0 Å². The quantitative estimate of drug-likeness (QED) is 0.892. The molecule has 114 valence electrons. The van der Waals surface area contributed by atoms with Crippen molar-refractivity contribution in [2.45, 2.75) is 37.8 Å². The van der Waals surface area contributed by atoms with Crippen LogP contribution in [0.15, 0.2) is 12.3 Å². The van der Waals surface area contributed by atoms with Gasteiger partial charge in [-0.05, 0) is 31.6 Å². The number of hydrogen-bond donors (Lipinski definition) is 2. The molecular formula is C14H17Cl2N3O2. The molecule has 0 spiro atoms. The van der Waals surface area contributed by atoms with Gasteiger partial charge in [0.25, 0.3) is 0 Å².